The fourth-order valence-electron chi connectivity index (χ4n) is 3.05. The Kier molecular flexibility index (Phi) is 6.53. The zero-order valence-electron chi connectivity index (χ0n) is 16.1. The van der Waals surface area contributed by atoms with Crippen LogP contribution in [0.3, 0.4) is 0 Å². The molecule has 3 rings (SSSR count). The number of piperazine rings is 1. The lowest BCUT2D eigenvalue weighted by Crippen LogP contribution is -2.51. The molecule has 0 amide bonds. The third-order valence-electron chi connectivity index (χ3n) is 4.84. The van der Waals surface area contributed by atoms with Crippen LogP contribution in [0.15, 0.2) is 53.4 Å². The molecule has 8 heteroatoms. The molecule has 1 aliphatic heterocycles. The summed E-state index contributed by atoms with van der Waals surface area (Å²) in [5.74, 6) is 0.632. The highest BCUT2D eigenvalue weighted by atomic mass is 32.2. The second-order valence-electron chi connectivity index (χ2n) is 6.55. The lowest BCUT2D eigenvalue weighted by atomic mass is 10.1. The van der Waals surface area contributed by atoms with E-state index in [0.717, 1.165) is 12.1 Å². The van der Waals surface area contributed by atoms with Gasteiger partial charge in [0, 0.05) is 31.9 Å². The molecule has 0 saturated carbocycles. The molecule has 150 valence electrons. The van der Waals surface area contributed by atoms with Crippen molar-refractivity contribution in [3.8, 4) is 5.75 Å². The fourth-order valence-corrected chi connectivity index (χ4v) is 4.78. The van der Waals surface area contributed by atoms with Gasteiger partial charge in [-0.15, -0.1) is 0 Å². The Hall–Kier alpha value is -2.16. The van der Waals surface area contributed by atoms with Gasteiger partial charge in [-0.2, -0.15) is 4.31 Å². The first-order valence-corrected chi connectivity index (χ1v) is 11.1. The van der Waals surface area contributed by atoms with Crippen LogP contribution in [0.2, 0.25) is 0 Å². The van der Waals surface area contributed by atoms with Gasteiger partial charge in [0.15, 0.2) is 5.11 Å². The molecule has 0 unspecified atom stereocenters. The summed E-state index contributed by atoms with van der Waals surface area (Å²) in [6, 6.07) is 14.6. The van der Waals surface area contributed by atoms with Crippen LogP contribution in [0.4, 0.5) is 5.69 Å². The van der Waals surface area contributed by atoms with Crippen LogP contribution in [0.1, 0.15) is 12.5 Å². The van der Waals surface area contributed by atoms with Crippen molar-refractivity contribution in [2.75, 3.05) is 38.6 Å². The van der Waals surface area contributed by atoms with Crippen molar-refractivity contribution in [1.82, 2.24) is 9.21 Å². The minimum Gasteiger partial charge on any atom is -0.497 e. The second kappa shape index (κ2) is 8.89. The number of nitrogens with zero attached hydrogens (tertiary/aromatic N) is 2. The average molecular weight is 420 g/mol. The third-order valence-corrected chi connectivity index (χ3v) is 7.11. The molecule has 0 spiro atoms. The van der Waals surface area contributed by atoms with Gasteiger partial charge < -0.3 is 15.0 Å². The molecule has 0 bridgehead atoms. The summed E-state index contributed by atoms with van der Waals surface area (Å²) < 4.78 is 32.3. The summed E-state index contributed by atoms with van der Waals surface area (Å²) in [5, 5.41) is 3.85. The molecule has 2 aromatic carbocycles. The SMILES string of the molecule is CCc1ccc(NC(=S)N2CCN(S(=O)(=O)c3ccc(OC)cc3)CC2)cc1. The Bertz CT molecular complexity index is 905. The molecular formula is C20H25N3O3S2. The molecule has 0 radical (unpaired) electrons. The number of aryl methyl sites for hydroxylation is 1. The number of sulfonamides is 1. The van der Waals surface area contributed by atoms with Crippen molar-refractivity contribution in [3.63, 3.8) is 0 Å². The lowest BCUT2D eigenvalue weighted by molar-refractivity contribution is 0.268. The quantitative estimate of drug-likeness (QED) is 0.752. The van der Waals surface area contributed by atoms with E-state index in [1.165, 1.54) is 9.87 Å². The van der Waals surface area contributed by atoms with Crippen LogP contribution in [0, 0.1) is 0 Å². The van der Waals surface area contributed by atoms with Gasteiger partial charge in [-0.1, -0.05) is 19.1 Å². The van der Waals surface area contributed by atoms with Gasteiger partial charge in [0.05, 0.1) is 12.0 Å². The zero-order chi connectivity index (χ0) is 20.1. The molecule has 0 atom stereocenters. The van der Waals surface area contributed by atoms with Crippen LogP contribution in [-0.2, 0) is 16.4 Å². The highest BCUT2D eigenvalue weighted by Crippen LogP contribution is 2.21. The summed E-state index contributed by atoms with van der Waals surface area (Å²) >= 11 is 5.50. The summed E-state index contributed by atoms with van der Waals surface area (Å²) in [6.07, 6.45) is 0.995. The van der Waals surface area contributed by atoms with Crippen LogP contribution in [0.25, 0.3) is 0 Å². The van der Waals surface area contributed by atoms with Crippen LogP contribution in [-0.4, -0.2) is 56.0 Å². The minimum atomic E-state index is -3.52. The Morgan fingerprint density at radius 3 is 2.18 bits per heavy atom. The molecule has 0 aliphatic carbocycles. The van der Waals surface area contributed by atoms with Crippen molar-refractivity contribution in [2.45, 2.75) is 18.2 Å². The Labute approximate surface area is 172 Å². The largest absolute Gasteiger partial charge is 0.497 e. The summed E-state index contributed by atoms with van der Waals surface area (Å²) in [7, 11) is -1.96. The summed E-state index contributed by atoms with van der Waals surface area (Å²) in [5.41, 5.74) is 2.21. The van der Waals surface area contributed by atoms with Crippen molar-refractivity contribution >= 4 is 33.0 Å². The maximum Gasteiger partial charge on any atom is 0.243 e. The average Bonchev–Trinajstić information content (AvgIpc) is 2.74. The van der Waals surface area contributed by atoms with Crippen LogP contribution in [0.5, 0.6) is 5.75 Å². The minimum absolute atomic E-state index is 0.276. The van der Waals surface area contributed by atoms with Gasteiger partial charge in [0.25, 0.3) is 0 Å². The van der Waals surface area contributed by atoms with Crippen LogP contribution >= 0.6 is 12.2 Å². The van der Waals surface area contributed by atoms with E-state index in [1.54, 1.807) is 31.4 Å². The number of hydrogen-bond donors (Lipinski definition) is 1. The molecule has 28 heavy (non-hydrogen) atoms. The third kappa shape index (κ3) is 4.63. The molecule has 2 aromatic rings. The monoisotopic (exact) mass is 419 g/mol. The van der Waals surface area contributed by atoms with Crippen molar-refractivity contribution in [2.24, 2.45) is 0 Å². The molecule has 1 aliphatic rings. The number of ether oxygens (including phenoxy) is 1. The number of thiocarbonyl (C=S) groups is 1. The topological polar surface area (TPSA) is 61.9 Å². The Morgan fingerprint density at radius 1 is 1.04 bits per heavy atom. The van der Waals surface area contributed by atoms with E-state index in [9.17, 15) is 8.42 Å². The number of hydrogen-bond acceptors (Lipinski definition) is 4. The molecular weight excluding hydrogens is 394 g/mol. The summed E-state index contributed by atoms with van der Waals surface area (Å²) in [6.45, 7) is 4.00. The lowest BCUT2D eigenvalue weighted by Gasteiger charge is -2.35. The smallest absolute Gasteiger partial charge is 0.243 e. The standard InChI is InChI=1S/C20H25N3O3S2/c1-3-16-4-6-17(7-5-16)21-20(27)22-12-14-23(15-13-22)28(24,25)19-10-8-18(26-2)9-11-19/h4-11H,3,12-15H2,1-2H3,(H,21,27). The van der Waals surface area contributed by atoms with E-state index in [4.69, 9.17) is 17.0 Å². The zero-order valence-corrected chi connectivity index (χ0v) is 17.7. The predicted molar refractivity (Wildman–Crippen MR) is 115 cm³/mol. The first-order valence-electron chi connectivity index (χ1n) is 9.23. The van der Waals surface area contributed by atoms with Gasteiger partial charge in [0.1, 0.15) is 5.75 Å². The highest BCUT2D eigenvalue weighted by molar-refractivity contribution is 7.89. The number of rotatable bonds is 5. The maximum absolute atomic E-state index is 12.8. The molecule has 1 saturated heterocycles. The maximum atomic E-state index is 12.8. The van der Waals surface area contributed by atoms with Crippen LogP contribution < -0.4 is 10.1 Å². The van der Waals surface area contributed by atoms with Gasteiger partial charge in [-0.25, -0.2) is 8.42 Å². The molecule has 6 nitrogen and oxygen atoms in total. The van der Waals surface area contributed by atoms with Crippen molar-refractivity contribution < 1.29 is 13.2 Å². The van der Waals surface area contributed by atoms with Gasteiger partial charge in [-0.3, -0.25) is 0 Å². The molecule has 1 N–H and O–H groups in total. The van der Waals surface area contributed by atoms with E-state index in [2.05, 4.69) is 24.4 Å². The first kappa shape index (κ1) is 20.6. The molecule has 1 heterocycles. The number of nitrogens with one attached hydrogen (secondary N) is 1. The molecule has 0 aromatic heterocycles. The van der Waals surface area contributed by atoms with E-state index in [-0.39, 0.29) is 4.90 Å². The number of benzene rings is 2. The van der Waals surface area contributed by atoms with E-state index < -0.39 is 10.0 Å². The first-order chi connectivity index (χ1) is 13.4. The van der Waals surface area contributed by atoms with Gasteiger partial charge in [-0.05, 0) is 60.6 Å². The normalized spacial score (nSPS) is 15.3. The van der Waals surface area contributed by atoms with E-state index >= 15 is 0 Å². The Balaban J connectivity index is 1.58. The summed E-state index contributed by atoms with van der Waals surface area (Å²) in [4.78, 5) is 2.28. The predicted octanol–water partition coefficient (Wildman–Crippen LogP) is 2.96. The highest BCUT2D eigenvalue weighted by Gasteiger charge is 2.29. The van der Waals surface area contributed by atoms with E-state index in [1.807, 2.05) is 17.0 Å². The fraction of sp³-hybridized carbons (Fsp3) is 0.350. The van der Waals surface area contributed by atoms with E-state index in [0.29, 0.717) is 37.0 Å². The number of methoxy groups -OCH3 is 1. The van der Waals surface area contributed by atoms with Crippen molar-refractivity contribution in [1.29, 1.82) is 0 Å². The Morgan fingerprint density at radius 2 is 1.64 bits per heavy atom. The molecule has 1 fully saturated rings. The van der Waals surface area contributed by atoms with Gasteiger partial charge >= 0.3 is 0 Å². The number of anilines is 1. The second-order valence-corrected chi connectivity index (χ2v) is 8.87. The van der Waals surface area contributed by atoms with Gasteiger partial charge in [0.2, 0.25) is 10.0 Å². The van der Waals surface area contributed by atoms with Crippen molar-refractivity contribution in [3.05, 3.63) is 54.1 Å².